The minimum Gasteiger partial charge on any atom is -0.494 e. The van der Waals surface area contributed by atoms with Gasteiger partial charge in [-0.05, 0) is 47.7 Å². The predicted molar refractivity (Wildman–Crippen MR) is 73.8 cm³/mol. The first-order valence-corrected chi connectivity index (χ1v) is 6.41. The van der Waals surface area contributed by atoms with Crippen molar-refractivity contribution in [3.05, 3.63) is 42.0 Å². The molecule has 17 heavy (non-hydrogen) atoms. The van der Waals surface area contributed by atoms with Crippen LogP contribution in [0.2, 0.25) is 0 Å². The van der Waals surface area contributed by atoms with Crippen LogP contribution in [0.3, 0.4) is 0 Å². The molecule has 2 rings (SSSR count). The number of hydrogen-bond acceptors (Lipinski definition) is 1. The molecule has 0 saturated heterocycles. The Kier molecular flexibility index (Phi) is 3.68. The summed E-state index contributed by atoms with van der Waals surface area (Å²) in [6.07, 6.45) is 1.16. The summed E-state index contributed by atoms with van der Waals surface area (Å²) in [5.41, 5.74) is 1.42. The molecule has 2 aromatic carbocycles. The molecule has 0 bridgehead atoms. The minimum absolute atomic E-state index is 0.593. The Morgan fingerprint density at radius 2 is 1.94 bits per heavy atom. The van der Waals surface area contributed by atoms with E-state index < -0.39 is 0 Å². The Morgan fingerprint density at radius 1 is 1.12 bits per heavy atom. The second-order valence-electron chi connectivity index (χ2n) is 4.47. The van der Waals surface area contributed by atoms with E-state index in [1.165, 1.54) is 16.3 Å². The Hall–Kier alpha value is -1.50. The lowest BCUT2D eigenvalue weighted by Crippen LogP contribution is -1.95. The van der Waals surface area contributed by atoms with Crippen molar-refractivity contribution in [1.29, 1.82) is 0 Å². The van der Waals surface area contributed by atoms with Gasteiger partial charge in [0.25, 0.3) is 0 Å². The lowest BCUT2D eigenvalue weighted by molar-refractivity contribution is 0.340. The molecular formula is C16H20O. The molecule has 1 heteroatoms. The van der Waals surface area contributed by atoms with Crippen LogP contribution in [0.1, 0.15) is 38.7 Å². The second-order valence-corrected chi connectivity index (χ2v) is 4.47. The van der Waals surface area contributed by atoms with E-state index in [2.05, 4.69) is 44.2 Å². The Morgan fingerprint density at radius 3 is 2.65 bits per heavy atom. The van der Waals surface area contributed by atoms with Crippen molar-refractivity contribution in [2.75, 3.05) is 6.61 Å². The van der Waals surface area contributed by atoms with E-state index in [4.69, 9.17) is 4.74 Å². The Balaban J connectivity index is 2.55. The van der Waals surface area contributed by atoms with E-state index >= 15 is 0 Å². The third kappa shape index (κ3) is 2.44. The second kappa shape index (κ2) is 5.22. The predicted octanol–water partition coefficient (Wildman–Crippen LogP) is 4.75. The van der Waals surface area contributed by atoms with E-state index in [0.717, 1.165) is 18.8 Å². The maximum absolute atomic E-state index is 5.58. The van der Waals surface area contributed by atoms with Gasteiger partial charge in [-0.1, -0.05) is 38.1 Å². The maximum atomic E-state index is 5.58. The average molecular weight is 228 g/mol. The van der Waals surface area contributed by atoms with Gasteiger partial charge in [-0.15, -0.1) is 0 Å². The molecule has 0 fully saturated rings. The molecule has 0 aliphatic heterocycles. The van der Waals surface area contributed by atoms with Crippen molar-refractivity contribution in [3.8, 4) is 5.75 Å². The number of fused-ring (bicyclic) bond motifs is 1. The van der Waals surface area contributed by atoms with Crippen LogP contribution in [0.4, 0.5) is 0 Å². The van der Waals surface area contributed by atoms with Gasteiger partial charge in [-0.3, -0.25) is 0 Å². The van der Waals surface area contributed by atoms with Gasteiger partial charge in [-0.25, -0.2) is 0 Å². The third-order valence-corrected chi connectivity index (χ3v) is 3.34. The van der Waals surface area contributed by atoms with Gasteiger partial charge in [-0.2, -0.15) is 0 Å². The van der Waals surface area contributed by atoms with Crippen LogP contribution in [0.15, 0.2) is 36.4 Å². The van der Waals surface area contributed by atoms with E-state index in [1.54, 1.807) is 0 Å². The molecule has 2 aromatic rings. The molecule has 0 N–H and O–H groups in total. The molecule has 0 aliphatic carbocycles. The maximum Gasteiger partial charge on any atom is 0.119 e. The molecule has 0 aliphatic rings. The monoisotopic (exact) mass is 228 g/mol. The van der Waals surface area contributed by atoms with E-state index in [0.29, 0.717) is 5.92 Å². The molecule has 1 atom stereocenters. The molecule has 0 radical (unpaired) electrons. The van der Waals surface area contributed by atoms with Crippen molar-refractivity contribution >= 4 is 10.8 Å². The molecule has 90 valence electrons. The fourth-order valence-electron chi connectivity index (χ4n) is 2.18. The zero-order valence-electron chi connectivity index (χ0n) is 10.9. The fourth-order valence-corrected chi connectivity index (χ4v) is 2.18. The largest absolute Gasteiger partial charge is 0.494 e. The highest BCUT2D eigenvalue weighted by Gasteiger charge is 2.08. The van der Waals surface area contributed by atoms with E-state index in [1.807, 2.05) is 13.0 Å². The number of ether oxygens (including phenoxy) is 1. The van der Waals surface area contributed by atoms with E-state index in [-0.39, 0.29) is 0 Å². The number of benzene rings is 2. The van der Waals surface area contributed by atoms with Crippen LogP contribution in [-0.4, -0.2) is 6.61 Å². The zero-order valence-corrected chi connectivity index (χ0v) is 10.9. The molecule has 1 unspecified atom stereocenters. The van der Waals surface area contributed by atoms with Gasteiger partial charge in [0.05, 0.1) is 6.61 Å². The van der Waals surface area contributed by atoms with Crippen LogP contribution in [0.5, 0.6) is 5.75 Å². The summed E-state index contributed by atoms with van der Waals surface area (Å²) in [6, 6.07) is 12.9. The standard InChI is InChI=1S/C16H20O/c1-4-12(3)15-8-6-7-13-9-10-14(17-5-2)11-16(13)15/h6-12H,4-5H2,1-3H3. The SMILES string of the molecule is CCOc1ccc2cccc(C(C)CC)c2c1. The van der Waals surface area contributed by atoms with Crippen molar-refractivity contribution < 1.29 is 4.74 Å². The summed E-state index contributed by atoms with van der Waals surface area (Å²) in [7, 11) is 0. The average Bonchev–Trinajstić information content (AvgIpc) is 2.37. The molecule has 0 saturated carbocycles. The molecular weight excluding hydrogens is 208 g/mol. The topological polar surface area (TPSA) is 9.23 Å². The van der Waals surface area contributed by atoms with Crippen molar-refractivity contribution in [1.82, 2.24) is 0 Å². The van der Waals surface area contributed by atoms with Crippen LogP contribution in [-0.2, 0) is 0 Å². The normalized spacial score (nSPS) is 12.6. The molecule has 0 amide bonds. The number of rotatable bonds is 4. The lowest BCUT2D eigenvalue weighted by atomic mass is 9.93. The first kappa shape index (κ1) is 12.0. The summed E-state index contributed by atoms with van der Waals surface area (Å²) in [4.78, 5) is 0. The molecule has 0 aromatic heterocycles. The van der Waals surface area contributed by atoms with Crippen molar-refractivity contribution in [2.45, 2.75) is 33.1 Å². The van der Waals surface area contributed by atoms with Crippen molar-refractivity contribution in [3.63, 3.8) is 0 Å². The van der Waals surface area contributed by atoms with Gasteiger partial charge in [0, 0.05) is 0 Å². The smallest absolute Gasteiger partial charge is 0.119 e. The van der Waals surface area contributed by atoms with Gasteiger partial charge < -0.3 is 4.74 Å². The Bertz CT molecular complexity index is 502. The quantitative estimate of drug-likeness (QED) is 0.733. The van der Waals surface area contributed by atoms with Gasteiger partial charge in [0.1, 0.15) is 5.75 Å². The molecule has 0 heterocycles. The van der Waals surface area contributed by atoms with Crippen molar-refractivity contribution in [2.24, 2.45) is 0 Å². The van der Waals surface area contributed by atoms with Gasteiger partial charge >= 0.3 is 0 Å². The first-order chi connectivity index (χ1) is 8.26. The minimum atomic E-state index is 0.593. The zero-order chi connectivity index (χ0) is 12.3. The highest BCUT2D eigenvalue weighted by molar-refractivity contribution is 5.87. The molecule has 1 nitrogen and oxygen atoms in total. The lowest BCUT2D eigenvalue weighted by Gasteiger charge is -2.13. The van der Waals surface area contributed by atoms with Crippen LogP contribution in [0.25, 0.3) is 10.8 Å². The highest BCUT2D eigenvalue weighted by atomic mass is 16.5. The van der Waals surface area contributed by atoms with E-state index in [9.17, 15) is 0 Å². The number of hydrogen-bond donors (Lipinski definition) is 0. The first-order valence-electron chi connectivity index (χ1n) is 6.41. The fraction of sp³-hybridized carbons (Fsp3) is 0.375. The summed E-state index contributed by atoms with van der Waals surface area (Å²) in [5.74, 6) is 1.56. The van der Waals surface area contributed by atoms with Crippen LogP contribution in [0, 0.1) is 0 Å². The Labute approximate surface area is 103 Å². The van der Waals surface area contributed by atoms with Gasteiger partial charge in [0.15, 0.2) is 0 Å². The summed E-state index contributed by atoms with van der Waals surface area (Å²) >= 11 is 0. The van der Waals surface area contributed by atoms with Crippen LogP contribution < -0.4 is 4.74 Å². The highest BCUT2D eigenvalue weighted by Crippen LogP contribution is 2.30. The van der Waals surface area contributed by atoms with Crippen LogP contribution >= 0.6 is 0 Å². The summed E-state index contributed by atoms with van der Waals surface area (Å²) < 4.78 is 5.58. The third-order valence-electron chi connectivity index (χ3n) is 3.34. The summed E-state index contributed by atoms with van der Waals surface area (Å²) in [6.45, 7) is 7.25. The molecule has 0 spiro atoms. The van der Waals surface area contributed by atoms with Gasteiger partial charge in [0.2, 0.25) is 0 Å². The summed E-state index contributed by atoms with van der Waals surface area (Å²) in [5, 5.41) is 2.62.